The molecule has 0 aliphatic heterocycles. The number of benzene rings is 1. The molecule has 0 saturated heterocycles. The standard InChI is InChI=1S/C12H8ClN3OS/c13-8-4-7(5-9(14)6-8)12-15-11(16-17-12)10-2-1-3-18-10/h1-6H,14H2. The minimum Gasteiger partial charge on any atom is -0.399 e. The quantitative estimate of drug-likeness (QED) is 0.725. The van der Waals surface area contributed by atoms with E-state index in [1.165, 1.54) is 0 Å². The Morgan fingerprint density at radius 2 is 2.17 bits per heavy atom. The van der Waals surface area contributed by atoms with Crippen molar-refractivity contribution in [1.82, 2.24) is 10.1 Å². The summed E-state index contributed by atoms with van der Waals surface area (Å²) in [5, 5.41) is 6.44. The van der Waals surface area contributed by atoms with Crippen LogP contribution < -0.4 is 5.73 Å². The van der Waals surface area contributed by atoms with Gasteiger partial charge in [0.2, 0.25) is 5.82 Å². The van der Waals surface area contributed by atoms with Crippen LogP contribution in [0.25, 0.3) is 22.2 Å². The zero-order chi connectivity index (χ0) is 12.5. The lowest BCUT2D eigenvalue weighted by molar-refractivity contribution is 0.432. The normalized spacial score (nSPS) is 10.7. The Hall–Kier alpha value is -1.85. The lowest BCUT2D eigenvalue weighted by Crippen LogP contribution is -1.86. The average Bonchev–Trinajstić information content (AvgIpc) is 2.99. The van der Waals surface area contributed by atoms with Crippen molar-refractivity contribution in [3.05, 3.63) is 40.7 Å². The molecule has 1 aromatic carbocycles. The number of halogens is 1. The van der Waals surface area contributed by atoms with E-state index in [0.717, 1.165) is 10.4 Å². The van der Waals surface area contributed by atoms with Crippen LogP contribution in [0.15, 0.2) is 40.2 Å². The smallest absolute Gasteiger partial charge is 0.258 e. The van der Waals surface area contributed by atoms with Gasteiger partial charge in [-0.05, 0) is 29.6 Å². The van der Waals surface area contributed by atoms with Gasteiger partial charge in [0.1, 0.15) is 0 Å². The molecule has 2 aromatic heterocycles. The molecule has 2 heterocycles. The summed E-state index contributed by atoms with van der Waals surface area (Å²) >= 11 is 7.49. The van der Waals surface area contributed by atoms with E-state index >= 15 is 0 Å². The molecule has 3 aromatic rings. The summed E-state index contributed by atoms with van der Waals surface area (Å²) in [6.45, 7) is 0. The van der Waals surface area contributed by atoms with E-state index < -0.39 is 0 Å². The van der Waals surface area contributed by atoms with E-state index in [2.05, 4.69) is 10.1 Å². The molecule has 0 radical (unpaired) electrons. The largest absolute Gasteiger partial charge is 0.399 e. The molecule has 3 rings (SSSR count). The van der Waals surface area contributed by atoms with Gasteiger partial charge in [-0.1, -0.05) is 22.8 Å². The SMILES string of the molecule is Nc1cc(Cl)cc(-c2nc(-c3cccs3)no2)c1. The number of nitrogen functional groups attached to an aromatic ring is 1. The number of thiophene rings is 1. The maximum atomic E-state index is 5.94. The predicted octanol–water partition coefficient (Wildman–Crippen LogP) is 3.70. The molecule has 90 valence electrons. The summed E-state index contributed by atoms with van der Waals surface area (Å²) in [7, 11) is 0. The highest BCUT2D eigenvalue weighted by atomic mass is 35.5. The predicted molar refractivity (Wildman–Crippen MR) is 72.5 cm³/mol. The molecule has 2 N–H and O–H groups in total. The van der Waals surface area contributed by atoms with Gasteiger partial charge in [0, 0.05) is 16.3 Å². The third-order valence-corrected chi connectivity index (χ3v) is 3.42. The first-order valence-corrected chi connectivity index (χ1v) is 6.42. The summed E-state index contributed by atoms with van der Waals surface area (Å²) in [6, 6.07) is 9.03. The van der Waals surface area contributed by atoms with Gasteiger partial charge >= 0.3 is 0 Å². The van der Waals surface area contributed by atoms with Crippen LogP contribution >= 0.6 is 22.9 Å². The molecule has 4 nitrogen and oxygen atoms in total. The van der Waals surface area contributed by atoms with E-state index in [-0.39, 0.29) is 0 Å². The van der Waals surface area contributed by atoms with Crippen LogP contribution in [0.3, 0.4) is 0 Å². The van der Waals surface area contributed by atoms with Crippen LogP contribution in [-0.4, -0.2) is 10.1 Å². The van der Waals surface area contributed by atoms with Crippen molar-refractivity contribution < 1.29 is 4.52 Å². The summed E-state index contributed by atoms with van der Waals surface area (Å²) < 4.78 is 5.22. The Morgan fingerprint density at radius 3 is 2.89 bits per heavy atom. The van der Waals surface area contributed by atoms with Crippen molar-refractivity contribution in [2.45, 2.75) is 0 Å². The van der Waals surface area contributed by atoms with E-state index in [0.29, 0.717) is 22.4 Å². The van der Waals surface area contributed by atoms with Gasteiger partial charge in [0.25, 0.3) is 5.89 Å². The number of hydrogen-bond acceptors (Lipinski definition) is 5. The Kier molecular flexibility index (Phi) is 2.77. The number of nitrogens with zero attached hydrogens (tertiary/aromatic N) is 2. The van der Waals surface area contributed by atoms with Gasteiger partial charge in [0.15, 0.2) is 0 Å². The van der Waals surface area contributed by atoms with Crippen LogP contribution in [-0.2, 0) is 0 Å². The fourth-order valence-corrected chi connectivity index (χ4v) is 2.48. The third kappa shape index (κ3) is 2.10. The highest BCUT2D eigenvalue weighted by Crippen LogP contribution is 2.28. The molecule has 0 aliphatic carbocycles. The second-order valence-electron chi connectivity index (χ2n) is 3.67. The first-order valence-electron chi connectivity index (χ1n) is 5.16. The third-order valence-electron chi connectivity index (χ3n) is 2.33. The van der Waals surface area contributed by atoms with Gasteiger partial charge < -0.3 is 10.3 Å². The van der Waals surface area contributed by atoms with Crippen molar-refractivity contribution in [1.29, 1.82) is 0 Å². The Bertz CT molecular complexity index is 658. The topological polar surface area (TPSA) is 64.9 Å². The first kappa shape index (κ1) is 11.3. The van der Waals surface area contributed by atoms with Crippen LogP contribution in [0.2, 0.25) is 5.02 Å². The highest BCUT2D eigenvalue weighted by Gasteiger charge is 2.12. The van der Waals surface area contributed by atoms with Gasteiger partial charge in [0.05, 0.1) is 4.88 Å². The lowest BCUT2D eigenvalue weighted by atomic mass is 10.2. The Balaban J connectivity index is 2.03. The molecule has 0 amide bonds. The summed E-state index contributed by atoms with van der Waals surface area (Å²) in [6.07, 6.45) is 0. The van der Waals surface area contributed by atoms with E-state index in [9.17, 15) is 0 Å². The second-order valence-corrected chi connectivity index (χ2v) is 5.06. The van der Waals surface area contributed by atoms with E-state index in [1.807, 2.05) is 17.5 Å². The van der Waals surface area contributed by atoms with Crippen molar-refractivity contribution in [2.75, 3.05) is 5.73 Å². The fourth-order valence-electron chi connectivity index (χ4n) is 1.58. The molecule has 6 heteroatoms. The molecule has 0 fully saturated rings. The van der Waals surface area contributed by atoms with Crippen molar-refractivity contribution >= 4 is 28.6 Å². The zero-order valence-corrected chi connectivity index (χ0v) is 10.7. The summed E-state index contributed by atoms with van der Waals surface area (Å²) in [5.74, 6) is 0.978. The van der Waals surface area contributed by atoms with Crippen LogP contribution in [0.4, 0.5) is 5.69 Å². The van der Waals surface area contributed by atoms with Gasteiger partial charge in [-0.25, -0.2) is 0 Å². The van der Waals surface area contributed by atoms with Crippen molar-refractivity contribution in [3.8, 4) is 22.2 Å². The fraction of sp³-hybridized carbons (Fsp3) is 0. The molecular formula is C12H8ClN3OS. The van der Waals surface area contributed by atoms with E-state index in [4.69, 9.17) is 21.9 Å². The number of rotatable bonds is 2. The van der Waals surface area contributed by atoms with Gasteiger partial charge in [-0.3, -0.25) is 0 Å². The molecular weight excluding hydrogens is 270 g/mol. The minimum absolute atomic E-state index is 0.410. The lowest BCUT2D eigenvalue weighted by Gasteiger charge is -1.98. The van der Waals surface area contributed by atoms with Crippen molar-refractivity contribution in [2.24, 2.45) is 0 Å². The Labute approximate surface area is 112 Å². The number of aromatic nitrogens is 2. The molecule has 0 unspecified atom stereocenters. The Morgan fingerprint density at radius 1 is 1.28 bits per heavy atom. The number of hydrogen-bond donors (Lipinski definition) is 1. The van der Waals surface area contributed by atoms with Crippen LogP contribution in [0.1, 0.15) is 0 Å². The molecule has 0 spiro atoms. The number of anilines is 1. The van der Waals surface area contributed by atoms with Crippen molar-refractivity contribution in [3.63, 3.8) is 0 Å². The maximum absolute atomic E-state index is 5.94. The molecule has 0 saturated carbocycles. The number of nitrogens with two attached hydrogens (primary N) is 1. The monoisotopic (exact) mass is 277 g/mol. The van der Waals surface area contributed by atoms with Crippen LogP contribution in [0, 0.1) is 0 Å². The maximum Gasteiger partial charge on any atom is 0.258 e. The summed E-state index contributed by atoms with van der Waals surface area (Å²) in [5.41, 5.74) is 7.01. The first-order chi connectivity index (χ1) is 8.72. The molecule has 18 heavy (non-hydrogen) atoms. The average molecular weight is 278 g/mol. The van der Waals surface area contributed by atoms with Gasteiger partial charge in [-0.15, -0.1) is 11.3 Å². The minimum atomic E-state index is 0.410. The highest BCUT2D eigenvalue weighted by molar-refractivity contribution is 7.13. The molecule has 0 bridgehead atoms. The van der Waals surface area contributed by atoms with Crippen LogP contribution in [0.5, 0.6) is 0 Å². The second kappa shape index (κ2) is 4.44. The van der Waals surface area contributed by atoms with Gasteiger partial charge in [-0.2, -0.15) is 4.98 Å². The molecule has 0 atom stereocenters. The summed E-state index contributed by atoms with van der Waals surface area (Å²) in [4.78, 5) is 5.28. The zero-order valence-electron chi connectivity index (χ0n) is 9.13. The van der Waals surface area contributed by atoms with E-state index in [1.54, 1.807) is 29.5 Å². The molecule has 0 aliphatic rings.